The van der Waals surface area contributed by atoms with Gasteiger partial charge in [0.25, 0.3) is 0 Å². The van der Waals surface area contributed by atoms with E-state index in [1.807, 2.05) is 6.92 Å². The normalized spacial score (nSPS) is 51.8. The quantitative estimate of drug-likeness (QED) is 0.704. The predicted molar refractivity (Wildman–Crippen MR) is 64.7 cm³/mol. The lowest BCUT2D eigenvalue weighted by Crippen LogP contribution is -2.31. The van der Waals surface area contributed by atoms with Crippen LogP contribution in [0.1, 0.15) is 45.4 Å². The van der Waals surface area contributed by atoms with E-state index in [1.54, 1.807) is 0 Å². The molecule has 0 bridgehead atoms. The fraction of sp³-hybridized carbons (Fsp3) is 0.867. The van der Waals surface area contributed by atoms with E-state index in [2.05, 4.69) is 0 Å². The molecule has 0 aromatic rings. The average molecular weight is 248 g/mol. The summed E-state index contributed by atoms with van der Waals surface area (Å²) in [6, 6.07) is 0. The lowest BCUT2D eigenvalue weighted by atomic mass is 9.65. The predicted octanol–water partition coefficient (Wildman–Crippen LogP) is 2.33. The van der Waals surface area contributed by atoms with Crippen molar-refractivity contribution in [2.75, 3.05) is 6.61 Å². The van der Waals surface area contributed by atoms with Crippen LogP contribution in [0.15, 0.2) is 0 Å². The van der Waals surface area contributed by atoms with E-state index in [9.17, 15) is 9.59 Å². The van der Waals surface area contributed by atoms with Crippen molar-refractivity contribution in [3.05, 3.63) is 0 Å². The number of carbonyl (C=O) groups excluding carboxylic acids is 2. The first-order valence-corrected chi connectivity index (χ1v) is 7.36. The van der Waals surface area contributed by atoms with Crippen LogP contribution in [0.2, 0.25) is 0 Å². The van der Waals surface area contributed by atoms with Crippen molar-refractivity contribution >= 4 is 11.8 Å². The van der Waals surface area contributed by atoms with Gasteiger partial charge in [-0.15, -0.1) is 0 Å². The molecule has 4 rings (SSSR count). The molecule has 2 unspecified atom stereocenters. The van der Waals surface area contributed by atoms with Crippen molar-refractivity contribution in [3.8, 4) is 0 Å². The molecule has 4 saturated carbocycles. The topological polar surface area (TPSA) is 43.4 Å². The van der Waals surface area contributed by atoms with Gasteiger partial charge in [-0.25, -0.2) is 0 Å². The largest absolute Gasteiger partial charge is 0.466 e. The van der Waals surface area contributed by atoms with E-state index in [0.29, 0.717) is 18.3 Å². The summed E-state index contributed by atoms with van der Waals surface area (Å²) >= 11 is 0. The molecule has 0 saturated heterocycles. The van der Waals surface area contributed by atoms with Crippen molar-refractivity contribution in [2.45, 2.75) is 45.4 Å². The summed E-state index contributed by atoms with van der Waals surface area (Å²) in [5, 5.41) is 0. The van der Waals surface area contributed by atoms with Crippen molar-refractivity contribution in [2.24, 2.45) is 28.6 Å². The second-order valence-corrected chi connectivity index (χ2v) is 6.74. The van der Waals surface area contributed by atoms with E-state index in [0.717, 1.165) is 12.8 Å². The van der Waals surface area contributed by atoms with Gasteiger partial charge >= 0.3 is 5.97 Å². The summed E-state index contributed by atoms with van der Waals surface area (Å²) in [4.78, 5) is 24.3. The third-order valence-corrected chi connectivity index (χ3v) is 6.38. The van der Waals surface area contributed by atoms with Gasteiger partial charge in [0.2, 0.25) is 0 Å². The third-order valence-electron chi connectivity index (χ3n) is 6.38. The molecule has 5 atom stereocenters. The van der Waals surface area contributed by atoms with E-state index in [4.69, 9.17) is 4.74 Å². The summed E-state index contributed by atoms with van der Waals surface area (Å²) in [6.07, 6.45) is 6.52. The molecule has 4 aliphatic rings. The Bertz CT molecular complexity index is 437. The van der Waals surface area contributed by atoms with Crippen molar-refractivity contribution in [1.82, 2.24) is 0 Å². The average Bonchev–Trinajstić information content (AvgIpc) is 2.85. The second-order valence-electron chi connectivity index (χ2n) is 6.74. The number of carbonyl (C=O) groups is 2. The van der Waals surface area contributed by atoms with Crippen LogP contribution >= 0.6 is 0 Å². The molecular weight excluding hydrogens is 228 g/mol. The maximum atomic E-state index is 12.2. The molecule has 4 fully saturated rings. The molecule has 0 radical (unpaired) electrons. The van der Waals surface area contributed by atoms with E-state index < -0.39 is 0 Å². The molecule has 98 valence electrons. The van der Waals surface area contributed by atoms with Crippen LogP contribution in [0.5, 0.6) is 0 Å². The van der Waals surface area contributed by atoms with Crippen molar-refractivity contribution < 1.29 is 14.3 Å². The van der Waals surface area contributed by atoms with E-state index in [-0.39, 0.29) is 28.6 Å². The number of fused-ring (bicyclic) bond motifs is 1. The first-order valence-electron chi connectivity index (χ1n) is 7.36. The number of rotatable bonds is 2. The minimum absolute atomic E-state index is 0.0273. The number of hydrogen-bond acceptors (Lipinski definition) is 3. The molecule has 3 nitrogen and oxygen atoms in total. The lowest BCUT2D eigenvalue weighted by Gasteiger charge is -2.39. The van der Waals surface area contributed by atoms with Gasteiger partial charge in [-0.1, -0.05) is 12.8 Å². The summed E-state index contributed by atoms with van der Waals surface area (Å²) in [5.74, 6) is 1.01. The minimum Gasteiger partial charge on any atom is -0.466 e. The molecule has 0 N–H and O–H groups in total. The summed E-state index contributed by atoms with van der Waals surface area (Å²) in [6.45, 7) is 2.32. The smallest absolute Gasteiger partial charge is 0.309 e. The minimum atomic E-state index is -0.0344. The van der Waals surface area contributed by atoms with Gasteiger partial charge < -0.3 is 4.74 Å². The maximum Gasteiger partial charge on any atom is 0.309 e. The van der Waals surface area contributed by atoms with Crippen molar-refractivity contribution in [3.63, 3.8) is 0 Å². The number of hydrogen-bond donors (Lipinski definition) is 0. The second kappa shape index (κ2) is 3.17. The first-order chi connectivity index (χ1) is 8.66. The molecule has 4 aliphatic carbocycles. The molecule has 0 heterocycles. The Morgan fingerprint density at radius 2 is 2.17 bits per heavy atom. The standard InChI is InChI=1S/C15H20O3/c1-2-18-13(17)9-7-14-5-3-4-6-15(14)11(9)12(15)10(16)8-14/h9,11-12H,2-8H2,1H3/t9-,11?,12?,14+,15-/m1/s1. The Labute approximate surface area is 107 Å². The molecule has 0 aromatic carbocycles. The number of ketones is 1. The highest BCUT2D eigenvalue weighted by Crippen LogP contribution is 2.87. The fourth-order valence-corrected chi connectivity index (χ4v) is 6.02. The molecule has 0 aromatic heterocycles. The Morgan fingerprint density at radius 3 is 2.89 bits per heavy atom. The zero-order valence-electron chi connectivity index (χ0n) is 10.9. The molecule has 18 heavy (non-hydrogen) atoms. The lowest BCUT2D eigenvalue weighted by molar-refractivity contribution is -0.149. The fourth-order valence-electron chi connectivity index (χ4n) is 6.02. The summed E-state index contributed by atoms with van der Waals surface area (Å²) in [5.41, 5.74) is 0.425. The monoisotopic (exact) mass is 248 g/mol. The van der Waals surface area contributed by atoms with Crippen LogP contribution in [-0.4, -0.2) is 18.4 Å². The molecular formula is C15H20O3. The zero-order valence-corrected chi connectivity index (χ0v) is 10.9. The zero-order chi connectivity index (χ0) is 12.5. The number of ether oxygens (including phenoxy) is 1. The van der Waals surface area contributed by atoms with Gasteiger partial charge in [-0.2, -0.15) is 0 Å². The molecule has 0 aliphatic heterocycles. The van der Waals surface area contributed by atoms with Gasteiger partial charge in [0.05, 0.1) is 12.5 Å². The summed E-state index contributed by atoms with van der Waals surface area (Å²) < 4.78 is 5.23. The van der Waals surface area contributed by atoms with Crippen LogP contribution in [0.3, 0.4) is 0 Å². The van der Waals surface area contributed by atoms with Gasteiger partial charge in [-0.05, 0) is 42.9 Å². The van der Waals surface area contributed by atoms with Crippen LogP contribution in [0.4, 0.5) is 0 Å². The van der Waals surface area contributed by atoms with Crippen molar-refractivity contribution in [1.29, 1.82) is 0 Å². The SMILES string of the molecule is CCOC(=O)[C@@H]1C[C@]23CCCC[C@@]24C(C(=O)C3)C14. The molecule has 3 heteroatoms. The molecule has 1 spiro atoms. The highest BCUT2D eigenvalue weighted by Gasteiger charge is 2.86. The Kier molecular flexibility index (Phi) is 1.94. The summed E-state index contributed by atoms with van der Waals surface area (Å²) in [7, 11) is 0. The first kappa shape index (κ1) is 11.0. The van der Waals surface area contributed by atoms with Crippen LogP contribution in [-0.2, 0) is 14.3 Å². The molecule has 0 amide bonds. The number of esters is 1. The highest BCUT2D eigenvalue weighted by atomic mass is 16.5. The Hall–Kier alpha value is -0.860. The van der Waals surface area contributed by atoms with E-state index in [1.165, 1.54) is 25.7 Å². The van der Waals surface area contributed by atoms with Gasteiger partial charge in [0.15, 0.2) is 0 Å². The Balaban J connectivity index is 1.71. The van der Waals surface area contributed by atoms with E-state index >= 15 is 0 Å². The van der Waals surface area contributed by atoms with Crippen LogP contribution < -0.4 is 0 Å². The van der Waals surface area contributed by atoms with Gasteiger partial charge in [0.1, 0.15) is 5.78 Å². The highest BCUT2D eigenvalue weighted by molar-refractivity contribution is 5.93. The van der Waals surface area contributed by atoms with Gasteiger partial charge in [-0.3, -0.25) is 9.59 Å². The van der Waals surface area contributed by atoms with Crippen LogP contribution in [0.25, 0.3) is 0 Å². The Morgan fingerprint density at radius 1 is 1.39 bits per heavy atom. The maximum absolute atomic E-state index is 12.2. The van der Waals surface area contributed by atoms with Gasteiger partial charge in [0, 0.05) is 12.3 Å². The van der Waals surface area contributed by atoms with Crippen LogP contribution in [0, 0.1) is 28.6 Å². The number of Topliss-reactive ketones (excluding diaryl/α,β-unsaturated/α-hetero) is 1. The third kappa shape index (κ3) is 0.960.